The molecule has 5 nitrogen and oxygen atoms in total. The van der Waals surface area contributed by atoms with Crippen molar-refractivity contribution in [3.05, 3.63) is 11.9 Å². The van der Waals surface area contributed by atoms with Gasteiger partial charge in [0.05, 0.1) is 30.1 Å². The van der Waals surface area contributed by atoms with Crippen LogP contribution in [0.4, 0.5) is 0 Å². The van der Waals surface area contributed by atoms with E-state index >= 15 is 0 Å². The molecule has 0 aliphatic carbocycles. The highest BCUT2D eigenvalue weighted by molar-refractivity contribution is 7.99. The second kappa shape index (κ2) is 4.83. The van der Waals surface area contributed by atoms with Gasteiger partial charge in [0.25, 0.3) is 0 Å². The van der Waals surface area contributed by atoms with Crippen molar-refractivity contribution in [3.8, 4) is 0 Å². The molecule has 1 aromatic heterocycles. The van der Waals surface area contributed by atoms with Gasteiger partial charge in [-0.05, 0) is 26.0 Å². The van der Waals surface area contributed by atoms with Gasteiger partial charge in [0.15, 0.2) is 0 Å². The lowest BCUT2D eigenvalue weighted by Crippen LogP contribution is -2.53. The Hall–Kier alpha value is -0.590. The van der Waals surface area contributed by atoms with Crippen LogP contribution in [0.15, 0.2) is 6.20 Å². The molecule has 1 aromatic rings. The van der Waals surface area contributed by atoms with Gasteiger partial charge in [-0.15, -0.1) is 5.10 Å². The maximum atomic E-state index is 6.15. The van der Waals surface area contributed by atoms with E-state index in [-0.39, 0.29) is 11.6 Å². The number of thioether (sulfide) groups is 1. The number of nitrogens with one attached hydrogen (secondary N) is 1. The standard InChI is InChI=1S/C12H20N4OS/c1-9(2)16-10(7-14-15-16)11-12(3-6-18-8-12)17-5-4-13-11/h7,9,11,13H,3-6,8H2,1-2H3. The Bertz CT molecular complexity index is 414. The van der Waals surface area contributed by atoms with Crippen LogP contribution in [-0.2, 0) is 4.74 Å². The monoisotopic (exact) mass is 268 g/mol. The van der Waals surface area contributed by atoms with Gasteiger partial charge in [0.2, 0.25) is 0 Å². The van der Waals surface area contributed by atoms with Gasteiger partial charge < -0.3 is 10.1 Å². The van der Waals surface area contributed by atoms with Gasteiger partial charge >= 0.3 is 0 Å². The largest absolute Gasteiger partial charge is 0.371 e. The van der Waals surface area contributed by atoms with Crippen molar-refractivity contribution in [1.82, 2.24) is 20.3 Å². The van der Waals surface area contributed by atoms with Crippen LogP contribution in [0.5, 0.6) is 0 Å². The molecule has 3 rings (SSSR count). The van der Waals surface area contributed by atoms with Crippen LogP contribution in [0.3, 0.4) is 0 Å². The molecule has 2 atom stereocenters. The zero-order chi connectivity index (χ0) is 12.6. The van der Waals surface area contributed by atoms with Gasteiger partial charge in [-0.25, -0.2) is 4.68 Å². The van der Waals surface area contributed by atoms with Crippen molar-refractivity contribution < 1.29 is 4.74 Å². The maximum absolute atomic E-state index is 6.15. The molecule has 18 heavy (non-hydrogen) atoms. The molecule has 6 heteroatoms. The van der Waals surface area contributed by atoms with E-state index in [2.05, 4.69) is 29.5 Å². The quantitative estimate of drug-likeness (QED) is 0.878. The first-order valence-electron chi connectivity index (χ1n) is 6.58. The lowest BCUT2D eigenvalue weighted by Gasteiger charge is -2.41. The third kappa shape index (κ3) is 1.96. The molecular formula is C12H20N4OS. The molecule has 2 unspecified atom stereocenters. The first-order chi connectivity index (χ1) is 8.73. The van der Waals surface area contributed by atoms with Crippen molar-refractivity contribution in [3.63, 3.8) is 0 Å². The Morgan fingerprint density at radius 2 is 2.50 bits per heavy atom. The normalized spacial score (nSPS) is 32.5. The minimum atomic E-state index is -0.0583. The molecule has 3 heterocycles. The van der Waals surface area contributed by atoms with E-state index < -0.39 is 0 Å². The van der Waals surface area contributed by atoms with Crippen LogP contribution < -0.4 is 5.32 Å². The summed E-state index contributed by atoms with van der Waals surface area (Å²) in [4.78, 5) is 0. The molecule has 100 valence electrons. The lowest BCUT2D eigenvalue weighted by molar-refractivity contribution is -0.0817. The molecule has 0 amide bonds. The first kappa shape index (κ1) is 12.4. The van der Waals surface area contributed by atoms with Crippen LogP contribution in [0.1, 0.15) is 38.0 Å². The summed E-state index contributed by atoms with van der Waals surface area (Å²) in [6.45, 7) is 5.98. The second-order valence-corrected chi connectivity index (χ2v) is 6.41. The van der Waals surface area contributed by atoms with E-state index in [0.29, 0.717) is 6.04 Å². The van der Waals surface area contributed by atoms with Crippen molar-refractivity contribution in [2.75, 3.05) is 24.7 Å². The fourth-order valence-electron chi connectivity index (χ4n) is 2.86. The predicted molar refractivity (Wildman–Crippen MR) is 71.8 cm³/mol. The smallest absolute Gasteiger partial charge is 0.0990 e. The molecule has 2 aliphatic rings. The highest BCUT2D eigenvalue weighted by atomic mass is 32.2. The molecular weight excluding hydrogens is 248 g/mol. The second-order valence-electron chi connectivity index (χ2n) is 5.30. The maximum Gasteiger partial charge on any atom is 0.0990 e. The number of aromatic nitrogens is 3. The van der Waals surface area contributed by atoms with E-state index in [9.17, 15) is 0 Å². The van der Waals surface area contributed by atoms with E-state index in [4.69, 9.17) is 4.74 Å². The van der Waals surface area contributed by atoms with Crippen LogP contribution in [0.25, 0.3) is 0 Å². The van der Waals surface area contributed by atoms with Crippen LogP contribution >= 0.6 is 11.8 Å². The fraction of sp³-hybridized carbons (Fsp3) is 0.833. The summed E-state index contributed by atoms with van der Waals surface area (Å²) < 4.78 is 8.16. The lowest BCUT2D eigenvalue weighted by atomic mass is 9.89. The average Bonchev–Trinajstić information content (AvgIpc) is 2.99. The Labute approximate surface area is 112 Å². The van der Waals surface area contributed by atoms with Gasteiger partial charge in [-0.2, -0.15) is 11.8 Å². The molecule has 0 bridgehead atoms. The average molecular weight is 268 g/mol. The zero-order valence-electron chi connectivity index (χ0n) is 10.9. The third-order valence-corrected chi connectivity index (χ3v) is 4.96. The number of morpholine rings is 1. The fourth-order valence-corrected chi connectivity index (χ4v) is 4.24. The highest BCUT2D eigenvalue weighted by Gasteiger charge is 2.47. The Morgan fingerprint density at radius 1 is 1.61 bits per heavy atom. The van der Waals surface area contributed by atoms with Crippen molar-refractivity contribution in [2.45, 2.75) is 38.0 Å². The van der Waals surface area contributed by atoms with Gasteiger partial charge in [-0.1, -0.05) is 5.21 Å². The molecule has 1 spiro atoms. The Kier molecular flexibility index (Phi) is 3.34. The number of rotatable bonds is 2. The summed E-state index contributed by atoms with van der Waals surface area (Å²) in [6.07, 6.45) is 3.00. The Morgan fingerprint density at radius 3 is 3.22 bits per heavy atom. The van der Waals surface area contributed by atoms with E-state index in [0.717, 1.165) is 31.0 Å². The van der Waals surface area contributed by atoms with E-state index in [1.807, 2.05) is 22.6 Å². The summed E-state index contributed by atoms with van der Waals surface area (Å²) in [5.74, 6) is 2.25. The molecule has 0 aromatic carbocycles. The van der Waals surface area contributed by atoms with Crippen LogP contribution in [0, 0.1) is 0 Å². The van der Waals surface area contributed by atoms with Gasteiger partial charge in [0.1, 0.15) is 0 Å². The van der Waals surface area contributed by atoms with Crippen molar-refractivity contribution in [1.29, 1.82) is 0 Å². The number of nitrogens with zero attached hydrogens (tertiary/aromatic N) is 3. The topological polar surface area (TPSA) is 52.0 Å². The Balaban J connectivity index is 1.95. The van der Waals surface area contributed by atoms with Crippen LogP contribution in [-0.4, -0.2) is 45.3 Å². The zero-order valence-corrected chi connectivity index (χ0v) is 11.7. The molecule has 2 saturated heterocycles. The summed E-state index contributed by atoms with van der Waals surface area (Å²) in [5.41, 5.74) is 1.10. The summed E-state index contributed by atoms with van der Waals surface area (Å²) >= 11 is 1.98. The molecule has 1 N–H and O–H groups in total. The summed E-state index contributed by atoms with van der Waals surface area (Å²) in [7, 11) is 0. The number of hydrogen-bond donors (Lipinski definition) is 1. The molecule has 2 aliphatic heterocycles. The molecule has 0 radical (unpaired) electrons. The minimum Gasteiger partial charge on any atom is -0.371 e. The predicted octanol–water partition coefficient (Wildman–Crippen LogP) is 1.40. The third-order valence-electron chi connectivity index (χ3n) is 3.77. The van der Waals surface area contributed by atoms with Crippen molar-refractivity contribution in [2.24, 2.45) is 0 Å². The van der Waals surface area contributed by atoms with E-state index in [1.165, 1.54) is 5.75 Å². The summed E-state index contributed by atoms with van der Waals surface area (Å²) in [5, 5.41) is 11.9. The first-order valence-corrected chi connectivity index (χ1v) is 7.73. The van der Waals surface area contributed by atoms with Gasteiger partial charge in [0, 0.05) is 18.3 Å². The molecule has 2 fully saturated rings. The van der Waals surface area contributed by atoms with Crippen molar-refractivity contribution >= 4 is 11.8 Å². The highest BCUT2D eigenvalue weighted by Crippen LogP contribution is 2.42. The number of ether oxygens (including phenoxy) is 1. The molecule has 0 saturated carbocycles. The SMILES string of the molecule is CC(C)n1nncc1C1NCCOC12CCSC2. The number of hydrogen-bond acceptors (Lipinski definition) is 5. The van der Waals surface area contributed by atoms with Gasteiger partial charge in [-0.3, -0.25) is 0 Å². The van der Waals surface area contributed by atoms with E-state index in [1.54, 1.807) is 0 Å². The van der Waals surface area contributed by atoms with Crippen LogP contribution in [0.2, 0.25) is 0 Å². The minimum absolute atomic E-state index is 0.0583. The summed E-state index contributed by atoms with van der Waals surface area (Å²) in [6, 6.07) is 0.552.